The van der Waals surface area contributed by atoms with E-state index in [0.29, 0.717) is 11.1 Å². The molecule has 4 aliphatic rings. The summed E-state index contributed by atoms with van der Waals surface area (Å²) in [7, 11) is 0. The third-order valence-electron chi connectivity index (χ3n) is 8.77. The van der Waals surface area contributed by atoms with Crippen molar-refractivity contribution in [2.45, 2.75) is 77.0 Å². The van der Waals surface area contributed by atoms with Crippen LogP contribution in [0.5, 0.6) is 0 Å². The second-order valence-corrected chi connectivity index (χ2v) is 10.8. The molecule has 0 aliphatic heterocycles. The Morgan fingerprint density at radius 1 is 1.16 bits per heavy atom. The molecular weight excluding hydrogens is 416 g/mol. The van der Waals surface area contributed by atoms with Gasteiger partial charge in [-0.1, -0.05) is 32.9 Å². The zero-order valence-corrected chi connectivity index (χ0v) is 19.5. The summed E-state index contributed by atoms with van der Waals surface area (Å²) in [6.07, 6.45) is 1.29. The zero-order valence-electron chi connectivity index (χ0n) is 19.5. The summed E-state index contributed by atoms with van der Waals surface area (Å²) in [6, 6.07) is 0. The Kier molecular flexibility index (Phi) is 5.04. The molecule has 0 bridgehead atoms. The summed E-state index contributed by atoms with van der Waals surface area (Å²) < 4.78 is 11.6. The van der Waals surface area contributed by atoms with E-state index in [0.717, 1.165) is 0 Å². The van der Waals surface area contributed by atoms with Crippen molar-refractivity contribution < 1.29 is 39.5 Å². The van der Waals surface area contributed by atoms with Crippen LogP contribution in [0.4, 0.5) is 0 Å². The lowest BCUT2D eigenvalue weighted by Crippen LogP contribution is -2.66. The summed E-state index contributed by atoms with van der Waals surface area (Å²) >= 11 is 0. The lowest BCUT2D eigenvalue weighted by molar-refractivity contribution is -0.234. The molecule has 4 rings (SSSR count). The number of hydrogen-bond acceptors (Lipinski definition) is 8. The smallest absolute Gasteiger partial charge is 0.303 e. The summed E-state index contributed by atoms with van der Waals surface area (Å²) in [4.78, 5) is 24.2. The molecule has 32 heavy (non-hydrogen) atoms. The number of rotatable bonds is 3. The maximum atomic E-state index is 12.4. The average molecular weight is 451 g/mol. The molecular formula is C24H34O8. The van der Waals surface area contributed by atoms with Crippen molar-refractivity contribution in [3.63, 3.8) is 0 Å². The highest BCUT2D eigenvalue weighted by molar-refractivity contribution is 5.69. The Hall–Kier alpha value is -1.74. The molecule has 0 saturated heterocycles. The molecule has 2 fully saturated rings. The van der Waals surface area contributed by atoms with Crippen molar-refractivity contribution in [2.24, 2.45) is 29.1 Å². The third-order valence-corrected chi connectivity index (χ3v) is 8.77. The van der Waals surface area contributed by atoms with E-state index in [1.54, 1.807) is 26.0 Å². The van der Waals surface area contributed by atoms with E-state index in [2.05, 4.69) is 0 Å². The van der Waals surface area contributed by atoms with Gasteiger partial charge in [-0.2, -0.15) is 0 Å². The predicted octanol–water partition coefficient (Wildman–Crippen LogP) is 0.863. The number of carbonyl (C=O) groups excluding carboxylic acids is 2. The van der Waals surface area contributed by atoms with Crippen molar-refractivity contribution in [3.8, 4) is 0 Å². The molecule has 2 saturated carbocycles. The van der Waals surface area contributed by atoms with Gasteiger partial charge in [-0.15, -0.1) is 0 Å². The largest absolute Gasteiger partial charge is 0.458 e. The van der Waals surface area contributed by atoms with Gasteiger partial charge in [0.05, 0.1) is 12.2 Å². The number of ether oxygens (including phenoxy) is 2. The van der Waals surface area contributed by atoms with Gasteiger partial charge in [-0.25, -0.2) is 0 Å². The Morgan fingerprint density at radius 2 is 1.78 bits per heavy atom. The van der Waals surface area contributed by atoms with E-state index in [9.17, 15) is 30.0 Å². The number of aliphatic hydroxyl groups is 4. The SMILES string of the molecule is CC(=O)OC1C(C)C2(O)C(C=C(CO)CC3(O)C(O)C(C)=CC32)C2C(C)(C)C12OC(C)=O. The molecule has 178 valence electrons. The second-order valence-electron chi connectivity index (χ2n) is 10.8. The molecule has 0 aromatic rings. The van der Waals surface area contributed by atoms with Crippen LogP contribution in [0.1, 0.15) is 48.0 Å². The van der Waals surface area contributed by atoms with Crippen LogP contribution in [-0.2, 0) is 19.1 Å². The first-order valence-electron chi connectivity index (χ1n) is 11.2. The fourth-order valence-corrected chi connectivity index (χ4v) is 7.41. The Morgan fingerprint density at radius 3 is 2.31 bits per heavy atom. The molecule has 9 atom stereocenters. The zero-order chi connectivity index (χ0) is 24.0. The number of hydrogen-bond donors (Lipinski definition) is 4. The predicted molar refractivity (Wildman–Crippen MR) is 113 cm³/mol. The van der Waals surface area contributed by atoms with Crippen LogP contribution in [0.25, 0.3) is 0 Å². The number of fused-ring (bicyclic) bond motifs is 5. The first kappa shape index (κ1) is 23.4. The van der Waals surface area contributed by atoms with Crippen molar-refractivity contribution in [1.29, 1.82) is 0 Å². The molecule has 0 heterocycles. The number of esters is 2. The fraction of sp³-hybridized carbons (Fsp3) is 0.750. The third kappa shape index (κ3) is 2.64. The van der Waals surface area contributed by atoms with E-state index >= 15 is 0 Å². The summed E-state index contributed by atoms with van der Waals surface area (Å²) in [5, 5.41) is 45.0. The van der Waals surface area contributed by atoms with Crippen LogP contribution in [0, 0.1) is 29.1 Å². The maximum Gasteiger partial charge on any atom is 0.303 e. The molecule has 0 aromatic heterocycles. The van der Waals surface area contributed by atoms with Crippen molar-refractivity contribution >= 4 is 11.9 Å². The van der Waals surface area contributed by atoms with E-state index in [-0.39, 0.29) is 13.0 Å². The van der Waals surface area contributed by atoms with Gasteiger partial charge in [-0.05, 0) is 18.1 Å². The van der Waals surface area contributed by atoms with Crippen LogP contribution in [0.2, 0.25) is 0 Å². The van der Waals surface area contributed by atoms with E-state index in [1.807, 2.05) is 13.8 Å². The van der Waals surface area contributed by atoms with Gasteiger partial charge in [-0.3, -0.25) is 9.59 Å². The molecule has 4 N–H and O–H groups in total. The van der Waals surface area contributed by atoms with Gasteiger partial charge < -0.3 is 29.9 Å². The minimum Gasteiger partial charge on any atom is -0.458 e. The minimum atomic E-state index is -1.72. The average Bonchev–Trinajstić information content (AvgIpc) is 3.10. The summed E-state index contributed by atoms with van der Waals surface area (Å²) in [5.41, 5.74) is -4.14. The van der Waals surface area contributed by atoms with Gasteiger partial charge in [0.15, 0.2) is 5.60 Å². The van der Waals surface area contributed by atoms with Crippen LogP contribution < -0.4 is 0 Å². The molecule has 8 heteroatoms. The molecule has 8 nitrogen and oxygen atoms in total. The van der Waals surface area contributed by atoms with Crippen LogP contribution >= 0.6 is 0 Å². The first-order valence-corrected chi connectivity index (χ1v) is 11.2. The van der Waals surface area contributed by atoms with Gasteiger partial charge in [0.2, 0.25) is 0 Å². The lowest BCUT2D eigenvalue weighted by Gasteiger charge is -2.53. The molecule has 0 spiro atoms. The Bertz CT molecular complexity index is 921. The molecule has 0 radical (unpaired) electrons. The van der Waals surface area contributed by atoms with Gasteiger partial charge in [0.25, 0.3) is 0 Å². The van der Waals surface area contributed by atoms with Gasteiger partial charge in [0, 0.05) is 49.4 Å². The lowest BCUT2D eigenvalue weighted by atomic mass is 9.59. The monoisotopic (exact) mass is 450 g/mol. The van der Waals surface area contributed by atoms with E-state index < -0.39 is 70.0 Å². The van der Waals surface area contributed by atoms with Gasteiger partial charge in [0.1, 0.15) is 17.8 Å². The Balaban J connectivity index is 1.96. The highest BCUT2D eigenvalue weighted by Crippen LogP contribution is 2.77. The second kappa shape index (κ2) is 6.88. The van der Waals surface area contributed by atoms with Crippen LogP contribution in [0.3, 0.4) is 0 Å². The van der Waals surface area contributed by atoms with Crippen molar-refractivity contribution in [3.05, 3.63) is 23.3 Å². The first-order chi connectivity index (χ1) is 14.7. The van der Waals surface area contributed by atoms with E-state index in [1.165, 1.54) is 13.8 Å². The molecule has 4 aliphatic carbocycles. The molecule has 0 amide bonds. The highest BCUT2D eigenvalue weighted by Gasteiger charge is 2.87. The van der Waals surface area contributed by atoms with Crippen LogP contribution in [0.15, 0.2) is 23.3 Å². The summed E-state index contributed by atoms with van der Waals surface area (Å²) in [6.45, 7) is 9.46. The van der Waals surface area contributed by atoms with E-state index in [4.69, 9.17) is 9.47 Å². The normalized spacial score (nSPS) is 48.3. The molecule has 0 aromatic carbocycles. The summed E-state index contributed by atoms with van der Waals surface area (Å²) in [5.74, 6) is -3.76. The topological polar surface area (TPSA) is 134 Å². The number of aliphatic hydroxyl groups excluding tert-OH is 2. The minimum absolute atomic E-state index is 0.0132. The molecule has 9 unspecified atom stereocenters. The van der Waals surface area contributed by atoms with Crippen molar-refractivity contribution in [2.75, 3.05) is 6.61 Å². The van der Waals surface area contributed by atoms with Gasteiger partial charge >= 0.3 is 11.9 Å². The maximum absolute atomic E-state index is 12.4. The fourth-order valence-electron chi connectivity index (χ4n) is 7.41. The Labute approximate surface area is 187 Å². The quantitative estimate of drug-likeness (QED) is 0.368. The number of carbonyl (C=O) groups is 2. The highest BCUT2D eigenvalue weighted by atomic mass is 16.6. The van der Waals surface area contributed by atoms with Crippen LogP contribution in [-0.4, -0.2) is 68.0 Å². The standard InChI is InChI=1S/C24H34O8/c1-11-7-17-22(29,19(11)28)9-15(10-25)8-16-18-21(5,6)24(18,32-14(4)27)20(31-13(3)26)12(2)23(16,17)30/h7-8,12,16-20,25,28-30H,9-10H2,1-6H3. The van der Waals surface area contributed by atoms with Crippen molar-refractivity contribution in [1.82, 2.24) is 0 Å².